The van der Waals surface area contributed by atoms with Crippen LogP contribution >= 0.6 is 11.6 Å². The lowest BCUT2D eigenvalue weighted by molar-refractivity contribution is 0.412. The van der Waals surface area contributed by atoms with Gasteiger partial charge < -0.3 is 9.84 Å². The van der Waals surface area contributed by atoms with Crippen molar-refractivity contribution in [2.24, 2.45) is 4.99 Å². The molecule has 0 aliphatic carbocycles. The maximum absolute atomic E-state index is 13.1. The average molecular weight is 419 g/mol. The van der Waals surface area contributed by atoms with E-state index in [-0.39, 0.29) is 18.0 Å². The summed E-state index contributed by atoms with van der Waals surface area (Å²) in [5.41, 5.74) is 1.72. The van der Waals surface area contributed by atoms with Crippen LogP contribution in [0.15, 0.2) is 82.6 Å². The molecule has 30 heavy (non-hydrogen) atoms. The van der Waals surface area contributed by atoms with Gasteiger partial charge in [0.1, 0.15) is 5.75 Å². The molecule has 0 saturated carbocycles. The van der Waals surface area contributed by atoms with E-state index in [0.29, 0.717) is 27.0 Å². The number of pyridine rings is 1. The minimum atomic E-state index is -0.265. The van der Waals surface area contributed by atoms with Crippen LogP contribution < -0.4 is 10.3 Å². The maximum atomic E-state index is 13.1. The van der Waals surface area contributed by atoms with E-state index in [2.05, 4.69) is 4.99 Å². The SMILES string of the molecule is COc1ccc(Cn2c(O)c(C=Nc3cccc(Cl)c3)c3ccccc3c2=O)cc1. The predicted octanol–water partition coefficient (Wildman–Crippen LogP) is 5.17. The first-order chi connectivity index (χ1) is 14.6. The van der Waals surface area contributed by atoms with Gasteiger partial charge in [-0.05, 0) is 42.0 Å². The highest BCUT2D eigenvalue weighted by molar-refractivity contribution is 6.30. The van der Waals surface area contributed by atoms with Crippen molar-refractivity contribution >= 4 is 34.3 Å². The molecule has 3 aromatic carbocycles. The minimum Gasteiger partial charge on any atom is -0.497 e. The Balaban J connectivity index is 1.83. The Labute approximate surface area is 178 Å². The van der Waals surface area contributed by atoms with Crippen LogP contribution in [0.2, 0.25) is 5.02 Å². The second kappa shape index (κ2) is 8.43. The number of methoxy groups -OCH3 is 1. The van der Waals surface area contributed by atoms with Gasteiger partial charge in [-0.15, -0.1) is 0 Å². The van der Waals surface area contributed by atoms with Crippen LogP contribution in [0.25, 0.3) is 10.8 Å². The molecule has 5 nitrogen and oxygen atoms in total. The summed E-state index contributed by atoms with van der Waals surface area (Å²) in [6, 6.07) is 21.6. The van der Waals surface area contributed by atoms with Gasteiger partial charge in [-0.2, -0.15) is 0 Å². The van der Waals surface area contributed by atoms with Crippen molar-refractivity contribution in [3.8, 4) is 11.6 Å². The summed E-state index contributed by atoms with van der Waals surface area (Å²) in [5.74, 6) is 0.587. The van der Waals surface area contributed by atoms with Gasteiger partial charge in [0.2, 0.25) is 5.88 Å². The van der Waals surface area contributed by atoms with E-state index in [1.807, 2.05) is 36.4 Å². The largest absolute Gasteiger partial charge is 0.497 e. The number of ether oxygens (including phenoxy) is 1. The molecule has 0 bridgehead atoms. The molecule has 0 fully saturated rings. The van der Waals surface area contributed by atoms with Gasteiger partial charge in [0, 0.05) is 22.0 Å². The monoisotopic (exact) mass is 418 g/mol. The van der Waals surface area contributed by atoms with E-state index in [9.17, 15) is 9.90 Å². The second-order valence-corrected chi connectivity index (χ2v) is 7.20. The molecule has 0 spiro atoms. The first-order valence-corrected chi connectivity index (χ1v) is 9.71. The van der Waals surface area contributed by atoms with Crippen molar-refractivity contribution in [2.75, 3.05) is 7.11 Å². The number of aromatic hydroxyl groups is 1. The number of aromatic nitrogens is 1. The van der Waals surface area contributed by atoms with Crippen LogP contribution in [0.1, 0.15) is 11.1 Å². The number of nitrogens with zero attached hydrogens (tertiary/aromatic N) is 2. The Bertz CT molecular complexity index is 1290. The molecule has 0 radical (unpaired) electrons. The smallest absolute Gasteiger partial charge is 0.261 e. The van der Waals surface area contributed by atoms with Crippen LogP contribution in [0.4, 0.5) is 5.69 Å². The third-order valence-corrected chi connectivity index (χ3v) is 5.08. The molecule has 1 heterocycles. The summed E-state index contributed by atoms with van der Waals surface area (Å²) in [6.07, 6.45) is 1.56. The lowest BCUT2D eigenvalue weighted by Gasteiger charge is -2.14. The zero-order valence-corrected chi connectivity index (χ0v) is 17.0. The van der Waals surface area contributed by atoms with Crippen molar-refractivity contribution in [2.45, 2.75) is 6.54 Å². The third-order valence-electron chi connectivity index (χ3n) is 4.84. The summed E-state index contributed by atoms with van der Waals surface area (Å²) < 4.78 is 6.53. The van der Waals surface area contributed by atoms with E-state index >= 15 is 0 Å². The Hall–Kier alpha value is -3.57. The van der Waals surface area contributed by atoms with Crippen LogP contribution in [0.5, 0.6) is 11.6 Å². The van der Waals surface area contributed by atoms with Gasteiger partial charge in [-0.3, -0.25) is 14.4 Å². The van der Waals surface area contributed by atoms with Gasteiger partial charge in [0.15, 0.2) is 0 Å². The number of hydrogen-bond donors (Lipinski definition) is 1. The summed E-state index contributed by atoms with van der Waals surface area (Å²) >= 11 is 6.03. The number of fused-ring (bicyclic) bond motifs is 1. The fourth-order valence-corrected chi connectivity index (χ4v) is 3.48. The molecule has 0 aliphatic heterocycles. The van der Waals surface area contributed by atoms with Crippen LogP contribution in [-0.2, 0) is 6.54 Å². The van der Waals surface area contributed by atoms with Gasteiger partial charge >= 0.3 is 0 Å². The molecule has 1 aromatic heterocycles. The van der Waals surface area contributed by atoms with Crippen LogP contribution in [0.3, 0.4) is 0 Å². The zero-order valence-electron chi connectivity index (χ0n) is 16.2. The van der Waals surface area contributed by atoms with Gasteiger partial charge in [-0.25, -0.2) is 0 Å². The van der Waals surface area contributed by atoms with Gasteiger partial charge in [-0.1, -0.05) is 48.0 Å². The van der Waals surface area contributed by atoms with Gasteiger partial charge in [0.05, 0.1) is 24.9 Å². The number of rotatable bonds is 5. The topological polar surface area (TPSA) is 63.8 Å². The quantitative estimate of drug-likeness (QED) is 0.455. The molecule has 1 N–H and O–H groups in total. The lowest BCUT2D eigenvalue weighted by Crippen LogP contribution is -2.22. The Morgan fingerprint density at radius 1 is 1.03 bits per heavy atom. The molecule has 4 rings (SSSR count). The Morgan fingerprint density at radius 2 is 1.77 bits per heavy atom. The molecular weight excluding hydrogens is 400 g/mol. The highest BCUT2D eigenvalue weighted by Gasteiger charge is 2.15. The van der Waals surface area contributed by atoms with Crippen LogP contribution in [-0.4, -0.2) is 23.0 Å². The molecule has 0 atom stereocenters. The predicted molar refractivity (Wildman–Crippen MR) is 121 cm³/mol. The minimum absolute atomic E-state index is 0.139. The highest BCUT2D eigenvalue weighted by Crippen LogP contribution is 2.26. The normalized spacial score (nSPS) is 11.3. The number of benzene rings is 3. The van der Waals surface area contributed by atoms with E-state index in [4.69, 9.17) is 16.3 Å². The molecular formula is C24H19ClN2O3. The molecule has 0 unspecified atom stereocenters. The maximum Gasteiger partial charge on any atom is 0.261 e. The Kier molecular flexibility index (Phi) is 5.55. The third kappa shape index (κ3) is 3.93. The first kappa shape index (κ1) is 19.7. The fraction of sp³-hybridized carbons (Fsp3) is 0.0833. The molecule has 6 heteroatoms. The molecule has 4 aromatic rings. The van der Waals surface area contributed by atoms with E-state index in [1.165, 1.54) is 4.57 Å². The molecule has 0 amide bonds. The van der Waals surface area contributed by atoms with Crippen molar-refractivity contribution in [1.82, 2.24) is 4.57 Å². The van der Waals surface area contributed by atoms with Crippen molar-refractivity contribution in [3.05, 3.63) is 99.3 Å². The molecule has 0 aliphatic rings. The molecule has 150 valence electrons. The first-order valence-electron chi connectivity index (χ1n) is 9.34. The van der Waals surface area contributed by atoms with E-state index in [0.717, 1.165) is 11.3 Å². The number of hydrogen-bond acceptors (Lipinski definition) is 4. The van der Waals surface area contributed by atoms with Crippen molar-refractivity contribution < 1.29 is 9.84 Å². The highest BCUT2D eigenvalue weighted by atomic mass is 35.5. The average Bonchev–Trinajstić information content (AvgIpc) is 2.77. The van der Waals surface area contributed by atoms with Gasteiger partial charge in [0.25, 0.3) is 5.56 Å². The summed E-state index contributed by atoms with van der Waals surface area (Å²) in [7, 11) is 1.60. The van der Waals surface area contributed by atoms with Crippen molar-refractivity contribution in [3.63, 3.8) is 0 Å². The van der Waals surface area contributed by atoms with Crippen LogP contribution in [0, 0.1) is 0 Å². The zero-order chi connectivity index (χ0) is 21.1. The van der Waals surface area contributed by atoms with E-state index < -0.39 is 0 Å². The van der Waals surface area contributed by atoms with E-state index in [1.54, 1.807) is 49.7 Å². The second-order valence-electron chi connectivity index (χ2n) is 6.76. The summed E-state index contributed by atoms with van der Waals surface area (Å²) in [6.45, 7) is 0.220. The summed E-state index contributed by atoms with van der Waals surface area (Å²) in [5, 5.41) is 12.7. The Morgan fingerprint density at radius 3 is 2.47 bits per heavy atom. The number of aliphatic imine (C=N–C) groups is 1. The fourth-order valence-electron chi connectivity index (χ4n) is 3.29. The summed E-state index contributed by atoms with van der Waals surface area (Å²) in [4.78, 5) is 17.5. The van der Waals surface area contributed by atoms with Crippen molar-refractivity contribution in [1.29, 1.82) is 0 Å². The molecule has 0 saturated heterocycles. The standard InChI is InChI=1S/C24H19ClN2O3/c1-30-19-11-9-16(10-12-19)15-27-23(28)21-8-3-2-7-20(21)22(24(27)29)14-26-18-6-4-5-17(25)13-18/h2-14,29H,15H2,1H3. The number of halogens is 1. The lowest BCUT2D eigenvalue weighted by atomic mass is 10.1.